The molecule has 0 saturated carbocycles. The van der Waals surface area contributed by atoms with Gasteiger partial charge < -0.3 is 15.0 Å². The molecule has 2 heterocycles. The largest absolute Gasteiger partial charge is 0.495 e. The quantitative estimate of drug-likeness (QED) is 0.937. The second-order valence-electron chi connectivity index (χ2n) is 5.78. The summed E-state index contributed by atoms with van der Waals surface area (Å²) < 4.78 is 5.35. The predicted octanol–water partition coefficient (Wildman–Crippen LogP) is 2.39. The minimum Gasteiger partial charge on any atom is -0.495 e. The molecule has 24 heavy (non-hydrogen) atoms. The Morgan fingerprint density at radius 1 is 1.33 bits per heavy atom. The molecule has 1 aliphatic heterocycles. The van der Waals surface area contributed by atoms with Gasteiger partial charge in [0.2, 0.25) is 11.8 Å². The average molecular weight is 325 g/mol. The van der Waals surface area contributed by atoms with E-state index >= 15 is 0 Å². The van der Waals surface area contributed by atoms with Crippen LogP contribution in [0.15, 0.2) is 42.6 Å². The zero-order valence-corrected chi connectivity index (χ0v) is 13.7. The van der Waals surface area contributed by atoms with E-state index in [4.69, 9.17) is 4.74 Å². The Kier molecular flexibility index (Phi) is 4.46. The Balaban J connectivity index is 1.76. The van der Waals surface area contributed by atoms with E-state index in [0.29, 0.717) is 23.8 Å². The van der Waals surface area contributed by atoms with Crippen molar-refractivity contribution in [2.45, 2.75) is 13.3 Å². The SMILES string of the molecule is COc1ccc(C)cc1N1CC(C(=O)Nc2ccccn2)CC1=O. The Bertz CT molecular complexity index is 761. The lowest BCUT2D eigenvalue weighted by atomic mass is 10.1. The van der Waals surface area contributed by atoms with E-state index in [1.165, 1.54) is 0 Å². The molecule has 1 atom stereocenters. The predicted molar refractivity (Wildman–Crippen MR) is 91.1 cm³/mol. The highest BCUT2D eigenvalue weighted by atomic mass is 16.5. The summed E-state index contributed by atoms with van der Waals surface area (Å²) in [5.74, 6) is 0.419. The maximum absolute atomic E-state index is 12.4. The standard InChI is InChI=1S/C18H19N3O3/c1-12-6-7-15(24-2)14(9-12)21-11-13(10-17(21)22)18(23)20-16-5-3-4-8-19-16/h3-9,13H,10-11H2,1-2H3,(H,19,20,23). The number of pyridine rings is 1. The van der Waals surface area contributed by atoms with Gasteiger partial charge in [0, 0.05) is 19.2 Å². The van der Waals surface area contributed by atoms with Crippen LogP contribution < -0.4 is 15.0 Å². The van der Waals surface area contributed by atoms with Crippen molar-refractivity contribution in [2.24, 2.45) is 5.92 Å². The molecule has 2 amide bonds. The van der Waals surface area contributed by atoms with E-state index in [2.05, 4.69) is 10.3 Å². The van der Waals surface area contributed by atoms with Crippen molar-refractivity contribution < 1.29 is 14.3 Å². The number of anilines is 2. The van der Waals surface area contributed by atoms with Gasteiger partial charge in [0.15, 0.2) is 0 Å². The van der Waals surface area contributed by atoms with Crippen molar-refractivity contribution in [2.75, 3.05) is 23.9 Å². The highest BCUT2D eigenvalue weighted by Gasteiger charge is 2.36. The summed E-state index contributed by atoms with van der Waals surface area (Å²) in [6.45, 7) is 2.28. The van der Waals surface area contributed by atoms with E-state index in [0.717, 1.165) is 5.56 Å². The lowest BCUT2D eigenvalue weighted by Gasteiger charge is -2.20. The first kappa shape index (κ1) is 16.0. The summed E-state index contributed by atoms with van der Waals surface area (Å²) in [4.78, 5) is 30.5. The fourth-order valence-electron chi connectivity index (χ4n) is 2.79. The molecular weight excluding hydrogens is 306 g/mol. The smallest absolute Gasteiger partial charge is 0.230 e. The molecule has 1 fully saturated rings. The van der Waals surface area contributed by atoms with Gasteiger partial charge in [-0.3, -0.25) is 9.59 Å². The first-order valence-electron chi connectivity index (χ1n) is 7.75. The Hall–Kier alpha value is -2.89. The lowest BCUT2D eigenvalue weighted by molar-refractivity contribution is -0.122. The third kappa shape index (κ3) is 3.22. The summed E-state index contributed by atoms with van der Waals surface area (Å²) in [5.41, 5.74) is 1.73. The van der Waals surface area contributed by atoms with Crippen molar-refractivity contribution in [3.63, 3.8) is 0 Å². The zero-order valence-electron chi connectivity index (χ0n) is 13.7. The van der Waals surface area contributed by atoms with Crippen molar-refractivity contribution >= 4 is 23.3 Å². The molecule has 1 aromatic heterocycles. The lowest BCUT2D eigenvalue weighted by Crippen LogP contribution is -2.28. The third-order valence-electron chi connectivity index (χ3n) is 4.04. The molecule has 3 rings (SSSR count). The van der Waals surface area contributed by atoms with Crippen molar-refractivity contribution in [3.05, 3.63) is 48.2 Å². The van der Waals surface area contributed by atoms with Crippen molar-refractivity contribution in [3.8, 4) is 5.75 Å². The van der Waals surface area contributed by atoms with Gasteiger partial charge in [-0.05, 0) is 36.8 Å². The molecular formula is C18H19N3O3. The molecule has 1 aliphatic rings. The highest BCUT2D eigenvalue weighted by molar-refractivity contribution is 6.04. The highest BCUT2D eigenvalue weighted by Crippen LogP contribution is 2.34. The minimum absolute atomic E-state index is 0.0833. The fourth-order valence-corrected chi connectivity index (χ4v) is 2.79. The number of hydrogen-bond donors (Lipinski definition) is 1. The van der Waals surface area contributed by atoms with Gasteiger partial charge in [-0.15, -0.1) is 0 Å². The summed E-state index contributed by atoms with van der Waals surface area (Å²) in [5, 5.41) is 2.76. The monoisotopic (exact) mass is 325 g/mol. The number of carbonyl (C=O) groups excluding carboxylic acids is 2. The van der Waals surface area contributed by atoms with E-state index in [1.807, 2.05) is 25.1 Å². The number of methoxy groups -OCH3 is 1. The Morgan fingerprint density at radius 2 is 2.17 bits per heavy atom. The first-order valence-corrected chi connectivity index (χ1v) is 7.75. The molecule has 124 valence electrons. The number of hydrogen-bond acceptors (Lipinski definition) is 4. The van der Waals surface area contributed by atoms with Gasteiger partial charge in [0.05, 0.1) is 18.7 Å². The third-order valence-corrected chi connectivity index (χ3v) is 4.04. The van der Waals surface area contributed by atoms with E-state index in [-0.39, 0.29) is 18.2 Å². The molecule has 0 bridgehead atoms. The Labute approximate surface area is 140 Å². The number of benzene rings is 1. The number of aryl methyl sites for hydroxylation is 1. The molecule has 0 spiro atoms. The van der Waals surface area contributed by atoms with Crippen LogP contribution in [0.5, 0.6) is 5.75 Å². The van der Waals surface area contributed by atoms with Gasteiger partial charge in [-0.1, -0.05) is 12.1 Å². The molecule has 1 unspecified atom stereocenters. The van der Waals surface area contributed by atoms with Crippen LogP contribution in [-0.2, 0) is 9.59 Å². The molecule has 1 N–H and O–H groups in total. The number of nitrogens with one attached hydrogen (secondary N) is 1. The van der Waals surface area contributed by atoms with E-state index < -0.39 is 5.92 Å². The number of amides is 2. The van der Waals surface area contributed by atoms with Gasteiger partial charge in [-0.25, -0.2) is 4.98 Å². The second kappa shape index (κ2) is 6.70. The molecule has 1 aromatic carbocycles. The zero-order chi connectivity index (χ0) is 17.1. The first-order chi connectivity index (χ1) is 11.6. The van der Waals surface area contributed by atoms with Gasteiger partial charge in [0.25, 0.3) is 0 Å². The van der Waals surface area contributed by atoms with E-state index in [1.54, 1.807) is 36.4 Å². The topological polar surface area (TPSA) is 71.5 Å². The maximum atomic E-state index is 12.4. The van der Waals surface area contributed by atoms with Crippen LogP contribution in [0, 0.1) is 12.8 Å². The second-order valence-corrected chi connectivity index (χ2v) is 5.78. The summed E-state index contributed by atoms with van der Waals surface area (Å²) in [7, 11) is 1.57. The summed E-state index contributed by atoms with van der Waals surface area (Å²) in [6, 6.07) is 11.0. The van der Waals surface area contributed by atoms with Crippen molar-refractivity contribution in [1.82, 2.24) is 4.98 Å². The fraction of sp³-hybridized carbons (Fsp3) is 0.278. The number of ether oxygens (including phenoxy) is 1. The summed E-state index contributed by atoms with van der Waals surface area (Å²) in [6.07, 6.45) is 1.79. The molecule has 6 nitrogen and oxygen atoms in total. The van der Waals surface area contributed by atoms with Crippen LogP contribution in [0.25, 0.3) is 0 Å². The molecule has 1 saturated heterocycles. The van der Waals surface area contributed by atoms with Crippen LogP contribution in [0.1, 0.15) is 12.0 Å². The number of carbonyl (C=O) groups is 2. The Morgan fingerprint density at radius 3 is 2.88 bits per heavy atom. The van der Waals surface area contributed by atoms with Gasteiger partial charge in [-0.2, -0.15) is 0 Å². The molecule has 2 aromatic rings. The average Bonchev–Trinajstić information content (AvgIpc) is 2.97. The van der Waals surface area contributed by atoms with E-state index in [9.17, 15) is 9.59 Å². The van der Waals surface area contributed by atoms with Crippen LogP contribution in [0.3, 0.4) is 0 Å². The normalized spacial score (nSPS) is 17.0. The van der Waals surface area contributed by atoms with Crippen LogP contribution >= 0.6 is 0 Å². The van der Waals surface area contributed by atoms with Crippen LogP contribution in [0.4, 0.5) is 11.5 Å². The summed E-state index contributed by atoms with van der Waals surface area (Å²) >= 11 is 0. The molecule has 0 radical (unpaired) electrons. The minimum atomic E-state index is -0.412. The maximum Gasteiger partial charge on any atom is 0.230 e. The molecule has 0 aliphatic carbocycles. The van der Waals surface area contributed by atoms with Crippen LogP contribution in [0.2, 0.25) is 0 Å². The van der Waals surface area contributed by atoms with Crippen molar-refractivity contribution in [1.29, 1.82) is 0 Å². The number of aromatic nitrogens is 1. The molecule has 6 heteroatoms. The van der Waals surface area contributed by atoms with Crippen LogP contribution in [-0.4, -0.2) is 30.5 Å². The van der Waals surface area contributed by atoms with Gasteiger partial charge in [0.1, 0.15) is 11.6 Å². The number of nitrogens with zero attached hydrogens (tertiary/aromatic N) is 2. The number of rotatable bonds is 4. The van der Waals surface area contributed by atoms with Gasteiger partial charge >= 0.3 is 0 Å².